The summed E-state index contributed by atoms with van der Waals surface area (Å²) in [5.41, 5.74) is 12.6. The first-order chi connectivity index (χ1) is 8.47. The molecule has 1 heterocycles. The number of hydrogen-bond acceptors (Lipinski definition) is 4. The van der Waals surface area contributed by atoms with Gasteiger partial charge < -0.3 is 16.0 Å². The molecule has 5 N–H and O–H groups in total. The van der Waals surface area contributed by atoms with E-state index in [-0.39, 0.29) is 11.9 Å². The van der Waals surface area contributed by atoms with Gasteiger partial charge in [-0.1, -0.05) is 18.5 Å². The highest BCUT2D eigenvalue weighted by Gasteiger charge is 2.14. The van der Waals surface area contributed by atoms with Gasteiger partial charge >= 0.3 is 0 Å². The minimum atomic E-state index is -0.114. The molecule has 7 heteroatoms. The van der Waals surface area contributed by atoms with Gasteiger partial charge in [0.2, 0.25) is 5.96 Å². The second-order valence-electron chi connectivity index (χ2n) is 4.03. The molecule has 0 bridgehead atoms. The summed E-state index contributed by atoms with van der Waals surface area (Å²) in [5.74, 6) is 0.663. The SMILES string of the molecule is CCCCN(C(=N)N)C(N)=Nc1c(C)noc1C. The maximum Gasteiger partial charge on any atom is 0.203 e. The Morgan fingerprint density at radius 1 is 1.44 bits per heavy atom. The normalized spacial score (nSPS) is 11.6. The standard InChI is InChI=1S/C11H20N6O/c1-4-5-6-17(10(12)13)11(14)15-9-7(2)16-18-8(9)3/h4-6H2,1-3H3,(H3,12,13)(H2,14,15). The van der Waals surface area contributed by atoms with Crippen molar-refractivity contribution in [3.8, 4) is 0 Å². The molecule has 0 saturated carbocycles. The number of aromatic nitrogens is 1. The van der Waals surface area contributed by atoms with Crippen molar-refractivity contribution in [2.45, 2.75) is 33.6 Å². The van der Waals surface area contributed by atoms with Crippen LogP contribution in [0.3, 0.4) is 0 Å². The summed E-state index contributed by atoms with van der Waals surface area (Å²) in [4.78, 5) is 5.70. The summed E-state index contributed by atoms with van der Waals surface area (Å²) in [6.07, 6.45) is 1.87. The smallest absolute Gasteiger partial charge is 0.203 e. The Hall–Kier alpha value is -2.05. The van der Waals surface area contributed by atoms with Gasteiger partial charge in [-0.15, -0.1) is 0 Å². The van der Waals surface area contributed by atoms with Crippen LogP contribution in [0.2, 0.25) is 0 Å². The predicted molar refractivity (Wildman–Crippen MR) is 70.8 cm³/mol. The van der Waals surface area contributed by atoms with Gasteiger partial charge in [-0.05, 0) is 20.3 Å². The Bertz CT molecular complexity index is 431. The van der Waals surface area contributed by atoms with Gasteiger partial charge in [-0.2, -0.15) is 0 Å². The number of nitrogens with zero attached hydrogens (tertiary/aromatic N) is 3. The summed E-state index contributed by atoms with van der Waals surface area (Å²) in [7, 11) is 0. The molecule has 1 rings (SSSR count). The van der Waals surface area contributed by atoms with E-state index in [0.717, 1.165) is 12.8 Å². The molecular weight excluding hydrogens is 232 g/mol. The lowest BCUT2D eigenvalue weighted by Crippen LogP contribution is -2.45. The fourth-order valence-electron chi connectivity index (χ4n) is 1.49. The van der Waals surface area contributed by atoms with E-state index in [0.29, 0.717) is 23.7 Å². The molecule has 1 aromatic heterocycles. The molecule has 7 nitrogen and oxygen atoms in total. The van der Waals surface area contributed by atoms with Gasteiger partial charge in [0, 0.05) is 6.54 Å². The first-order valence-corrected chi connectivity index (χ1v) is 5.86. The van der Waals surface area contributed by atoms with E-state index in [4.69, 9.17) is 21.4 Å². The molecule has 100 valence electrons. The van der Waals surface area contributed by atoms with Crippen LogP contribution in [-0.4, -0.2) is 28.5 Å². The minimum absolute atomic E-state index is 0.114. The van der Waals surface area contributed by atoms with Crippen molar-refractivity contribution in [3.63, 3.8) is 0 Å². The molecule has 0 aromatic carbocycles. The van der Waals surface area contributed by atoms with Crippen molar-refractivity contribution in [1.29, 1.82) is 5.41 Å². The van der Waals surface area contributed by atoms with E-state index in [2.05, 4.69) is 17.1 Å². The first kappa shape index (κ1) is 14.0. The summed E-state index contributed by atoms with van der Waals surface area (Å²) in [6, 6.07) is 0. The largest absolute Gasteiger partial charge is 0.370 e. The third kappa shape index (κ3) is 3.22. The summed E-state index contributed by atoms with van der Waals surface area (Å²) >= 11 is 0. The Morgan fingerprint density at radius 3 is 2.56 bits per heavy atom. The highest BCUT2D eigenvalue weighted by molar-refractivity contribution is 5.97. The first-order valence-electron chi connectivity index (χ1n) is 5.86. The van der Waals surface area contributed by atoms with E-state index < -0.39 is 0 Å². The maximum absolute atomic E-state index is 7.50. The number of unbranched alkanes of at least 4 members (excludes halogenated alkanes) is 1. The number of nitrogens with one attached hydrogen (secondary N) is 1. The van der Waals surface area contributed by atoms with E-state index in [1.165, 1.54) is 4.90 Å². The summed E-state index contributed by atoms with van der Waals surface area (Å²) in [5, 5.41) is 11.3. The maximum atomic E-state index is 7.50. The molecule has 18 heavy (non-hydrogen) atoms. The van der Waals surface area contributed by atoms with Gasteiger partial charge in [-0.3, -0.25) is 10.3 Å². The fourth-order valence-corrected chi connectivity index (χ4v) is 1.49. The van der Waals surface area contributed by atoms with Crippen LogP contribution < -0.4 is 11.5 Å². The highest BCUT2D eigenvalue weighted by atomic mass is 16.5. The van der Waals surface area contributed by atoms with Crippen LogP contribution in [0.15, 0.2) is 9.52 Å². The third-order valence-electron chi connectivity index (χ3n) is 2.52. The molecule has 0 aliphatic rings. The number of guanidine groups is 2. The van der Waals surface area contributed by atoms with Gasteiger partial charge in [0.05, 0.1) is 0 Å². The van der Waals surface area contributed by atoms with Crippen molar-refractivity contribution in [2.24, 2.45) is 16.5 Å². The Kier molecular flexibility index (Phi) is 4.70. The lowest BCUT2D eigenvalue weighted by molar-refractivity contribution is 0.393. The molecule has 0 unspecified atom stereocenters. The molecule has 0 amide bonds. The fraction of sp³-hybridized carbons (Fsp3) is 0.545. The van der Waals surface area contributed by atoms with Crippen LogP contribution in [0.1, 0.15) is 31.2 Å². The van der Waals surface area contributed by atoms with Crippen molar-refractivity contribution in [1.82, 2.24) is 10.1 Å². The van der Waals surface area contributed by atoms with Crippen molar-refractivity contribution >= 4 is 17.6 Å². The molecule has 1 aromatic rings. The number of rotatable bonds is 4. The quantitative estimate of drug-likeness (QED) is 0.550. The van der Waals surface area contributed by atoms with Crippen LogP contribution in [0.4, 0.5) is 5.69 Å². The van der Waals surface area contributed by atoms with Crippen LogP contribution in [-0.2, 0) is 0 Å². The van der Waals surface area contributed by atoms with E-state index in [9.17, 15) is 0 Å². The highest BCUT2D eigenvalue weighted by Crippen LogP contribution is 2.22. The molecule has 0 spiro atoms. The zero-order chi connectivity index (χ0) is 13.7. The van der Waals surface area contributed by atoms with Crippen molar-refractivity contribution < 1.29 is 4.52 Å². The summed E-state index contributed by atoms with van der Waals surface area (Å²) < 4.78 is 5.00. The van der Waals surface area contributed by atoms with Crippen molar-refractivity contribution in [2.75, 3.05) is 6.54 Å². The molecule has 0 fully saturated rings. The topological polar surface area (TPSA) is 118 Å². The monoisotopic (exact) mass is 252 g/mol. The van der Waals surface area contributed by atoms with Gasteiger partial charge in [-0.25, -0.2) is 4.99 Å². The lowest BCUT2D eigenvalue weighted by atomic mass is 10.3. The molecule has 0 aliphatic carbocycles. The Morgan fingerprint density at radius 2 is 2.11 bits per heavy atom. The lowest BCUT2D eigenvalue weighted by Gasteiger charge is -2.20. The number of aryl methyl sites for hydroxylation is 2. The molecule has 0 aliphatic heterocycles. The molecular formula is C11H20N6O. The van der Waals surface area contributed by atoms with Gasteiger partial charge in [0.25, 0.3) is 0 Å². The third-order valence-corrected chi connectivity index (χ3v) is 2.52. The summed E-state index contributed by atoms with van der Waals surface area (Å²) in [6.45, 7) is 6.17. The average molecular weight is 252 g/mol. The van der Waals surface area contributed by atoms with Crippen LogP contribution in [0, 0.1) is 19.3 Å². The predicted octanol–water partition coefficient (Wildman–Crippen LogP) is 1.23. The minimum Gasteiger partial charge on any atom is -0.370 e. The van der Waals surface area contributed by atoms with Crippen LogP contribution in [0.5, 0.6) is 0 Å². The Labute approximate surface area is 106 Å². The van der Waals surface area contributed by atoms with Gasteiger partial charge in [0.15, 0.2) is 11.7 Å². The van der Waals surface area contributed by atoms with Crippen molar-refractivity contribution in [3.05, 3.63) is 11.5 Å². The Balaban J connectivity index is 2.95. The molecule has 0 saturated heterocycles. The molecule has 0 radical (unpaired) electrons. The zero-order valence-electron chi connectivity index (χ0n) is 11.0. The van der Waals surface area contributed by atoms with Crippen LogP contribution in [0.25, 0.3) is 0 Å². The van der Waals surface area contributed by atoms with E-state index in [1.54, 1.807) is 13.8 Å². The van der Waals surface area contributed by atoms with Crippen LogP contribution >= 0.6 is 0 Å². The van der Waals surface area contributed by atoms with E-state index >= 15 is 0 Å². The van der Waals surface area contributed by atoms with E-state index in [1.807, 2.05) is 0 Å². The second-order valence-corrected chi connectivity index (χ2v) is 4.03. The number of hydrogen-bond donors (Lipinski definition) is 3. The number of nitrogens with two attached hydrogens (primary N) is 2. The number of aliphatic imine (C=N–C) groups is 1. The van der Waals surface area contributed by atoms with Gasteiger partial charge in [0.1, 0.15) is 11.4 Å². The average Bonchev–Trinajstić information content (AvgIpc) is 2.61. The molecule has 0 atom stereocenters. The zero-order valence-corrected chi connectivity index (χ0v) is 11.0. The second kappa shape index (κ2) is 6.04.